The first-order chi connectivity index (χ1) is 17.3. The molecule has 180 valence electrons. The summed E-state index contributed by atoms with van der Waals surface area (Å²) in [5.41, 5.74) is -0.941. The van der Waals surface area contributed by atoms with Crippen molar-refractivity contribution in [3.05, 3.63) is 112 Å². The topological polar surface area (TPSA) is 130 Å². The number of hydrogen-bond acceptors (Lipinski definition) is 6. The van der Waals surface area contributed by atoms with Gasteiger partial charge in [-0.25, -0.2) is 9.69 Å². The van der Waals surface area contributed by atoms with Gasteiger partial charge >= 0.3 is 5.97 Å². The van der Waals surface area contributed by atoms with Crippen LogP contribution in [0.3, 0.4) is 0 Å². The van der Waals surface area contributed by atoms with Crippen molar-refractivity contribution in [2.24, 2.45) is 11.8 Å². The summed E-state index contributed by atoms with van der Waals surface area (Å²) < 4.78 is 0. The highest BCUT2D eigenvalue weighted by Gasteiger charge is 2.68. The number of hydrogen-bond donors (Lipinski definition) is 2. The summed E-state index contributed by atoms with van der Waals surface area (Å²) in [6.07, 6.45) is 3.47. The molecule has 9 nitrogen and oxygen atoms in total. The van der Waals surface area contributed by atoms with Crippen LogP contribution in [0, 0.1) is 22.0 Å². The molecule has 3 aromatic carbocycles. The number of non-ortho nitro benzene ring substituents is 1. The number of imide groups is 1. The van der Waals surface area contributed by atoms with Gasteiger partial charge in [-0.05, 0) is 17.2 Å². The molecule has 0 spiro atoms. The van der Waals surface area contributed by atoms with E-state index in [0.29, 0.717) is 5.56 Å². The maximum Gasteiger partial charge on any atom is 0.329 e. The van der Waals surface area contributed by atoms with Gasteiger partial charge < -0.3 is 5.11 Å². The second-order valence-electron chi connectivity index (χ2n) is 8.71. The Hall–Kier alpha value is -4.63. The minimum absolute atomic E-state index is 0.0340. The monoisotopic (exact) mass is 483 g/mol. The highest BCUT2D eigenvalue weighted by Crippen LogP contribution is 2.49. The second kappa shape index (κ2) is 8.86. The van der Waals surface area contributed by atoms with Crippen LogP contribution in [0.15, 0.2) is 91.0 Å². The molecule has 2 aliphatic heterocycles. The lowest BCUT2D eigenvalue weighted by atomic mass is 9.76. The number of aliphatic carboxylic acids is 1. The van der Waals surface area contributed by atoms with Crippen LogP contribution in [0.2, 0.25) is 0 Å². The van der Waals surface area contributed by atoms with Crippen LogP contribution < -0.4 is 10.2 Å². The fraction of sp³-hybridized carbons (Fsp3) is 0.148. The number of nitro groups is 1. The lowest BCUT2D eigenvalue weighted by molar-refractivity contribution is -0.384. The molecule has 2 amide bonds. The third-order valence-electron chi connectivity index (χ3n) is 6.76. The van der Waals surface area contributed by atoms with Crippen molar-refractivity contribution in [1.82, 2.24) is 5.32 Å². The third-order valence-corrected chi connectivity index (χ3v) is 6.76. The Bertz CT molecular complexity index is 1390. The number of anilines is 1. The summed E-state index contributed by atoms with van der Waals surface area (Å²) in [5, 5.41) is 24.9. The van der Waals surface area contributed by atoms with Crippen molar-refractivity contribution < 1.29 is 24.4 Å². The van der Waals surface area contributed by atoms with E-state index in [4.69, 9.17) is 0 Å². The van der Waals surface area contributed by atoms with Crippen LogP contribution in [0.5, 0.6) is 0 Å². The van der Waals surface area contributed by atoms with E-state index in [1.54, 1.807) is 42.5 Å². The highest BCUT2D eigenvalue weighted by molar-refractivity contribution is 6.24. The Morgan fingerprint density at radius 1 is 0.972 bits per heavy atom. The van der Waals surface area contributed by atoms with E-state index in [1.807, 2.05) is 30.3 Å². The predicted molar refractivity (Wildman–Crippen MR) is 131 cm³/mol. The van der Waals surface area contributed by atoms with Crippen LogP contribution in [0.25, 0.3) is 6.08 Å². The number of nitrogens with one attached hydrogen (secondary N) is 1. The first-order valence-corrected chi connectivity index (χ1v) is 11.3. The number of amides is 2. The lowest BCUT2D eigenvalue weighted by Gasteiger charge is -2.31. The average Bonchev–Trinajstić information content (AvgIpc) is 3.38. The Labute approximate surface area is 205 Å². The maximum atomic E-state index is 13.8. The molecule has 4 atom stereocenters. The SMILES string of the molecule is O=C1C2C(C=Cc3ccccc3)NC(C(=O)O)(c3ccccc3)C2C(=O)N1c1cccc([N+](=O)[O-])c1. The number of rotatable bonds is 6. The zero-order valence-corrected chi connectivity index (χ0v) is 18.9. The molecule has 9 heteroatoms. The largest absolute Gasteiger partial charge is 0.480 e. The molecule has 2 N–H and O–H groups in total. The van der Waals surface area contributed by atoms with Crippen molar-refractivity contribution in [3.8, 4) is 0 Å². The number of benzene rings is 3. The van der Waals surface area contributed by atoms with Crippen LogP contribution in [0.4, 0.5) is 11.4 Å². The van der Waals surface area contributed by atoms with Crippen LogP contribution >= 0.6 is 0 Å². The molecular formula is C27H21N3O6. The summed E-state index contributed by atoms with van der Waals surface area (Å²) in [5.74, 6) is -4.93. The highest BCUT2D eigenvalue weighted by atomic mass is 16.6. The summed E-state index contributed by atoms with van der Waals surface area (Å²) in [6, 6.07) is 22.0. The van der Waals surface area contributed by atoms with Gasteiger partial charge in [-0.2, -0.15) is 0 Å². The molecule has 2 fully saturated rings. The minimum Gasteiger partial charge on any atom is -0.480 e. The second-order valence-corrected chi connectivity index (χ2v) is 8.71. The van der Waals surface area contributed by atoms with E-state index >= 15 is 0 Å². The van der Waals surface area contributed by atoms with Gasteiger partial charge in [0.05, 0.1) is 22.4 Å². The zero-order chi connectivity index (χ0) is 25.4. The Balaban J connectivity index is 1.65. The fourth-order valence-corrected chi connectivity index (χ4v) is 5.18. The van der Waals surface area contributed by atoms with Crippen molar-refractivity contribution in [2.75, 3.05) is 4.90 Å². The van der Waals surface area contributed by atoms with Crippen molar-refractivity contribution in [3.63, 3.8) is 0 Å². The Morgan fingerprint density at radius 3 is 2.28 bits per heavy atom. The van der Waals surface area contributed by atoms with Gasteiger partial charge in [0.2, 0.25) is 11.8 Å². The van der Waals surface area contributed by atoms with Gasteiger partial charge in [0, 0.05) is 18.2 Å². The number of carboxylic acids is 1. The molecular weight excluding hydrogens is 462 g/mol. The smallest absolute Gasteiger partial charge is 0.329 e. The molecule has 2 heterocycles. The standard InChI is InChI=1S/C27H21N3O6/c31-24-22-21(15-14-17-8-3-1-4-9-17)28-27(26(33)34,18-10-5-2-6-11-18)23(22)25(32)29(24)19-12-7-13-20(16-19)30(35)36/h1-16,21-23,28H,(H,33,34). The van der Waals surface area contributed by atoms with E-state index in [1.165, 1.54) is 18.2 Å². The van der Waals surface area contributed by atoms with Gasteiger partial charge in [0.25, 0.3) is 5.69 Å². The normalized spacial score (nSPS) is 25.3. The molecule has 0 radical (unpaired) electrons. The number of carbonyl (C=O) groups excluding carboxylic acids is 2. The van der Waals surface area contributed by atoms with Crippen LogP contribution in [-0.4, -0.2) is 33.9 Å². The molecule has 2 aliphatic rings. The molecule has 0 saturated carbocycles. The molecule has 5 rings (SSSR count). The minimum atomic E-state index is -1.88. The Morgan fingerprint density at radius 2 is 1.64 bits per heavy atom. The predicted octanol–water partition coefficient (Wildman–Crippen LogP) is 3.37. The maximum absolute atomic E-state index is 13.8. The summed E-state index contributed by atoms with van der Waals surface area (Å²) in [6.45, 7) is 0. The molecule has 0 bridgehead atoms. The molecule has 0 aromatic heterocycles. The van der Waals surface area contributed by atoms with Gasteiger partial charge in [-0.15, -0.1) is 0 Å². The number of nitrogens with zero attached hydrogens (tertiary/aromatic N) is 2. The van der Waals surface area contributed by atoms with E-state index < -0.39 is 46.1 Å². The van der Waals surface area contributed by atoms with Gasteiger partial charge in [0.1, 0.15) is 0 Å². The van der Waals surface area contributed by atoms with Crippen LogP contribution in [0.1, 0.15) is 11.1 Å². The van der Waals surface area contributed by atoms with Crippen molar-refractivity contribution >= 4 is 35.2 Å². The van der Waals surface area contributed by atoms with Crippen molar-refractivity contribution in [1.29, 1.82) is 0 Å². The van der Waals surface area contributed by atoms with E-state index in [2.05, 4.69) is 5.32 Å². The fourth-order valence-electron chi connectivity index (χ4n) is 5.18. The van der Waals surface area contributed by atoms with Gasteiger partial charge in [-0.1, -0.05) is 78.9 Å². The van der Waals surface area contributed by atoms with E-state index in [9.17, 15) is 29.6 Å². The molecule has 0 aliphatic carbocycles. The number of fused-ring (bicyclic) bond motifs is 1. The number of nitro benzene ring substituents is 1. The lowest BCUT2D eigenvalue weighted by Crippen LogP contribution is -2.54. The first-order valence-electron chi connectivity index (χ1n) is 11.3. The molecule has 36 heavy (non-hydrogen) atoms. The summed E-state index contributed by atoms with van der Waals surface area (Å²) in [4.78, 5) is 51.9. The summed E-state index contributed by atoms with van der Waals surface area (Å²) >= 11 is 0. The number of carboxylic acid groups (broad SMARTS) is 1. The number of carbonyl (C=O) groups is 3. The average molecular weight is 483 g/mol. The molecule has 2 saturated heterocycles. The van der Waals surface area contributed by atoms with Crippen LogP contribution in [-0.2, 0) is 19.9 Å². The van der Waals surface area contributed by atoms with Crippen molar-refractivity contribution in [2.45, 2.75) is 11.6 Å². The zero-order valence-electron chi connectivity index (χ0n) is 18.9. The van der Waals surface area contributed by atoms with E-state index in [-0.39, 0.29) is 11.4 Å². The summed E-state index contributed by atoms with van der Waals surface area (Å²) in [7, 11) is 0. The third kappa shape index (κ3) is 3.57. The Kier molecular flexibility index (Phi) is 5.69. The van der Waals surface area contributed by atoms with Gasteiger partial charge in [0.15, 0.2) is 5.54 Å². The van der Waals surface area contributed by atoms with E-state index in [0.717, 1.165) is 16.5 Å². The van der Waals surface area contributed by atoms with Gasteiger partial charge in [-0.3, -0.25) is 25.0 Å². The molecule has 4 unspecified atom stereocenters. The quantitative estimate of drug-likeness (QED) is 0.312. The first kappa shape index (κ1) is 23.1. The molecule has 3 aromatic rings.